The summed E-state index contributed by atoms with van der Waals surface area (Å²) in [6.07, 6.45) is 0. The fourth-order valence-corrected chi connectivity index (χ4v) is 3.45. The number of nitrogens with one attached hydrogen (secondary N) is 1. The first kappa shape index (κ1) is 19.4. The third-order valence-electron chi connectivity index (χ3n) is 4.06. The molecule has 1 unspecified atom stereocenters. The minimum Gasteiger partial charge on any atom is -0.493 e. The molecule has 7 nitrogen and oxygen atoms in total. The lowest BCUT2D eigenvalue weighted by atomic mass is 10.1. The Morgan fingerprint density at radius 3 is 2.43 bits per heavy atom. The van der Waals surface area contributed by atoms with Gasteiger partial charge < -0.3 is 20.5 Å². The van der Waals surface area contributed by atoms with Gasteiger partial charge in [-0.15, -0.1) is 11.3 Å². The molecule has 2 amide bonds. The number of aromatic nitrogens is 1. The minimum atomic E-state index is -0.931. The van der Waals surface area contributed by atoms with Crippen LogP contribution in [-0.2, 0) is 4.79 Å². The van der Waals surface area contributed by atoms with Crippen molar-refractivity contribution in [1.82, 2.24) is 10.3 Å². The van der Waals surface area contributed by atoms with E-state index in [2.05, 4.69) is 10.3 Å². The van der Waals surface area contributed by atoms with Gasteiger partial charge in [-0.25, -0.2) is 4.98 Å². The second-order valence-electron chi connectivity index (χ2n) is 5.83. The molecule has 3 N–H and O–H groups in total. The molecule has 28 heavy (non-hydrogen) atoms. The molecule has 1 heterocycles. The van der Waals surface area contributed by atoms with Gasteiger partial charge in [0.15, 0.2) is 11.5 Å². The Morgan fingerprint density at radius 2 is 1.79 bits per heavy atom. The molecule has 3 rings (SSSR count). The van der Waals surface area contributed by atoms with Crippen LogP contribution in [-0.4, -0.2) is 31.0 Å². The highest BCUT2D eigenvalue weighted by molar-refractivity contribution is 7.13. The Morgan fingerprint density at radius 1 is 1.07 bits per heavy atom. The van der Waals surface area contributed by atoms with Gasteiger partial charge in [0.2, 0.25) is 5.91 Å². The largest absolute Gasteiger partial charge is 0.493 e. The maximum atomic E-state index is 12.6. The lowest BCUT2D eigenvalue weighted by molar-refractivity contribution is -0.120. The van der Waals surface area contributed by atoms with Crippen LogP contribution in [0.4, 0.5) is 0 Å². The van der Waals surface area contributed by atoms with Gasteiger partial charge in [0.05, 0.1) is 14.2 Å². The SMILES string of the molecule is COc1ccc(-c2nc(C(=O)NC(C(N)=O)c3ccccc3)cs2)cc1OC. The number of primary amides is 1. The molecular formula is C20H19N3O4S. The van der Waals surface area contributed by atoms with Crippen molar-refractivity contribution < 1.29 is 19.1 Å². The predicted octanol–water partition coefficient (Wildman–Crippen LogP) is 2.78. The number of ether oxygens (including phenoxy) is 2. The summed E-state index contributed by atoms with van der Waals surface area (Å²) in [4.78, 5) is 28.7. The van der Waals surface area contributed by atoms with Gasteiger partial charge in [0.25, 0.3) is 5.91 Å². The maximum absolute atomic E-state index is 12.6. The molecule has 1 aromatic heterocycles. The van der Waals surface area contributed by atoms with E-state index in [0.29, 0.717) is 22.1 Å². The number of amides is 2. The number of nitrogens with zero attached hydrogens (tertiary/aromatic N) is 1. The molecule has 3 aromatic rings. The van der Waals surface area contributed by atoms with E-state index in [1.807, 2.05) is 12.1 Å². The summed E-state index contributed by atoms with van der Waals surface area (Å²) in [6, 6.07) is 13.3. The van der Waals surface area contributed by atoms with Crippen molar-refractivity contribution in [3.8, 4) is 22.1 Å². The van der Waals surface area contributed by atoms with Crippen LogP contribution in [0.1, 0.15) is 22.1 Å². The van der Waals surface area contributed by atoms with E-state index in [9.17, 15) is 9.59 Å². The van der Waals surface area contributed by atoms with Crippen molar-refractivity contribution in [2.24, 2.45) is 5.73 Å². The highest BCUT2D eigenvalue weighted by Gasteiger charge is 2.22. The van der Waals surface area contributed by atoms with E-state index in [0.717, 1.165) is 5.56 Å². The molecule has 8 heteroatoms. The first-order valence-electron chi connectivity index (χ1n) is 8.36. The average Bonchev–Trinajstić information content (AvgIpc) is 3.22. The van der Waals surface area contributed by atoms with Crippen LogP contribution in [0.5, 0.6) is 11.5 Å². The first-order valence-corrected chi connectivity index (χ1v) is 9.24. The molecular weight excluding hydrogens is 378 g/mol. The number of benzene rings is 2. The van der Waals surface area contributed by atoms with Gasteiger partial charge in [-0.1, -0.05) is 30.3 Å². The third kappa shape index (κ3) is 4.12. The minimum absolute atomic E-state index is 0.206. The summed E-state index contributed by atoms with van der Waals surface area (Å²) in [5, 5.41) is 4.91. The Labute approximate surface area is 166 Å². The second kappa shape index (κ2) is 8.53. The number of hydrogen-bond acceptors (Lipinski definition) is 6. The Balaban J connectivity index is 1.81. The number of carbonyl (C=O) groups excluding carboxylic acids is 2. The normalized spacial score (nSPS) is 11.5. The number of carbonyl (C=O) groups is 2. The van der Waals surface area contributed by atoms with Gasteiger partial charge in [0, 0.05) is 10.9 Å². The van der Waals surface area contributed by atoms with Crippen molar-refractivity contribution in [2.45, 2.75) is 6.04 Å². The standard InChI is InChI=1S/C20H19N3O4S/c1-26-15-9-8-13(10-16(15)27-2)20-22-14(11-28-20)19(25)23-17(18(21)24)12-6-4-3-5-7-12/h3-11,17H,1-2H3,(H2,21,24)(H,23,25). The van der Waals surface area contributed by atoms with E-state index in [1.165, 1.54) is 11.3 Å². The van der Waals surface area contributed by atoms with E-state index >= 15 is 0 Å². The van der Waals surface area contributed by atoms with E-state index in [1.54, 1.807) is 56.0 Å². The summed E-state index contributed by atoms with van der Waals surface area (Å²) in [6.45, 7) is 0. The summed E-state index contributed by atoms with van der Waals surface area (Å²) in [5.74, 6) is 0.0533. The molecule has 0 aliphatic heterocycles. The highest BCUT2D eigenvalue weighted by Crippen LogP contribution is 2.33. The lowest BCUT2D eigenvalue weighted by Gasteiger charge is -2.15. The Hall–Kier alpha value is -3.39. The van der Waals surface area contributed by atoms with Crippen LogP contribution < -0.4 is 20.5 Å². The zero-order chi connectivity index (χ0) is 20.1. The van der Waals surface area contributed by atoms with E-state index in [4.69, 9.17) is 15.2 Å². The number of nitrogens with two attached hydrogens (primary N) is 1. The highest BCUT2D eigenvalue weighted by atomic mass is 32.1. The fourth-order valence-electron chi connectivity index (χ4n) is 2.65. The monoisotopic (exact) mass is 397 g/mol. The molecule has 0 saturated carbocycles. The molecule has 0 spiro atoms. The van der Waals surface area contributed by atoms with E-state index in [-0.39, 0.29) is 5.69 Å². The van der Waals surface area contributed by atoms with Crippen molar-refractivity contribution in [2.75, 3.05) is 14.2 Å². The number of hydrogen-bond donors (Lipinski definition) is 2. The molecule has 0 saturated heterocycles. The van der Waals surface area contributed by atoms with Crippen LogP contribution >= 0.6 is 11.3 Å². The Kier molecular flexibility index (Phi) is 5.90. The molecule has 2 aromatic carbocycles. The van der Waals surface area contributed by atoms with Gasteiger partial charge in [0.1, 0.15) is 16.7 Å². The van der Waals surface area contributed by atoms with Gasteiger partial charge >= 0.3 is 0 Å². The molecule has 0 bridgehead atoms. The van der Waals surface area contributed by atoms with Gasteiger partial charge in [-0.3, -0.25) is 9.59 Å². The first-order chi connectivity index (χ1) is 13.5. The Bertz CT molecular complexity index is 988. The van der Waals surface area contributed by atoms with E-state index < -0.39 is 17.9 Å². The van der Waals surface area contributed by atoms with Gasteiger partial charge in [-0.2, -0.15) is 0 Å². The van der Waals surface area contributed by atoms with Crippen LogP contribution in [0, 0.1) is 0 Å². The number of methoxy groups -OCH3 is 2. The molecule has 1 atom stereocenters. The quantitative estimate of drug-likeness (QED) is 0.638. The maximum Gasteiger partial charge on any atom is 0.271 e. The predicted molar refractivity (Wildman–Crippen MR) is 106 cm³/mol. The van der Waals surface area contributed by atoms with Crippen molar-refractivity contribution in [1.29, 1.82) is 0 Å². The summed E-state index contributed by atoms with van der Waals surface area (Å²) in [7, 11) is 3.11. The molecule has 0 aliphatic carbocycles. The fraction of sp³-hybridized carbons (Fsp3) is 0.150. The van der Waals surface area contributed by atoms with Crippen LogP contribution in [0.3, 0.4) is 0 Å². The third-order valence-corrected chi connectivity index (χ3v) is 4.95. The van der Waals surface area contributed by atoms with Gasteiger partial charge in [-0.05, 0) is 23.8 Å². The number of thiazole rings is 1. The van der Waals surface area contributed by atoms with Crippen LogP contribution in [0.15, 0.2) is 53.9 Å². The summed E-state index contributed by atoms with van der Waals surface area (Å²) in [5.41, 5.74) is 7.06. The molecule has 144 valence electrons. The molecule has 0 aliphatic rings. The zero-order valence-corrected chi connectivity index (χ0v) is 16.2. The summed E-state index contributed by atoms with van der Waals surface area (Å²) >= 11 is 1.31. The number of rotatable bonds is 7. The van der Waals surface area contributed by atoms with Crippen molar-refractivity contribution in [3.05, 3.63) is 65.2 Å². The zero-order valence-electron chi connectivity index (χ0n) is 15.3. The molecule has 0 fully saturated rings. The smallest absolute Gasteiger partial charge is 0.271 e. The van der Waals surface area contributed by atoms with Crippen molar-refractivity contribution in [3.63, 3.8) is 0 Å². The lowest BCUT2D eigenvalue weighted by Crippen LogP contribution is -2.37. The van der Waals surface area contributed by atoms with Crippen LogP contribution in [0.25, 0.3) is 10.6 Å². The van der Waals surface area contributed by atoms with Crippen molar-refractivity contribution >= 4 is 23.2 Å². The van der Waals surface area contributed by atoms with Crippen LogP contribution in [0.2, 0.25) is 0 Å². The summed E-state index contributed by atoms with van der Waals surface area (Å²) < 4.78 is 10.5. The second-order valence-corrected chi connectivity index (χ2v) is 6.69. The molecule has 0 radical (unpaired) electrons. The topological polar surface area (TPSA) is 104 Å². The average molecular weight is 397 g/mol.